The lowest BCUT2D eigenvalue weighted by Gasteiger charge is -2.26. The molecule has 4 rings (SSSR count). The molecule has 2 heterocycles. The number of anilines is 3. The van der Waals surface area contributed by atoms with E-state index in [0.717, 1.165) is 38.9 Å². The number of piperidine rings is 1. The van der Waals surface area contributed by atoms with Crippen LogP contribution in [0.3, 0.4) is 0 Å². The first-order valence-corrected chi connectivity index (χ1v) is 12.6. The van der Waals surface area contributed by atoms with Crippen molar-refractivity contribution in [2.45, 2.75) is 49.5 Å². The summed E-state index contributed by atoms with van der Waals surface area (Å²) in [6.07, 6.45) is 8.18. The molecule has 0 atom stereocenters. The summed E-state index contributed by atoms with van der Waals surface area (Å²) < 4.78 is 27.8. The molecule has 0 amide bonds. The molecule has 1 saturated carbocycles. The van der Waals surface area contributed by atoms with Gasteiger partial charge in [0.2, 0.25) is 16.0 Å². The summed E-state index contributed by atoms with van der Waals surface area (Å²) in [5.74, 6) is 0.860. The van der Waals surface area contributed by atoms with Gasteiger partial charge in [0.15, 0.2) is 0 Å². The van der Waals surface area contributed by atoms with Gasteiger partial charge in [-0.05, 0) is 76.0 Å². The number of aromatic nitrogens is 2. The van der Waals surface area contributed by atoms with Crippen molar-refractivity contribution < 1.29 is 8.42 Å². The molecule has 1 saturated heterocycles. The van der Waals surface area contributed by atoms with Crippen molar-refractivity contribution in [2.75, 3.05) is 36.8 Å². The molecule has 3 N–H and O–H groups in total. The molecule has 2 fully saturated rings. The molecule has 0 bridgehead atoms. The molecule has 0 radical (unpaired) electrons. The molecule has 1 aromatic carbocycles. The molecule has 0 spiro atoms. The molecule has 10 heteroatoms. The number of benzene rings is 1. The average molecular weight is 456 g/mol. The van der Waals surface area contributed by atoms with E-state index in [1.807, 2.05) is 0 Å². The Balaban J connectivity index is 1.31. The minimum atomic E-state index is -3.55. The quantitative estimate of drug-likeness (QED) is 0.467. The van der Waals surface area contributed by atoms with Crippen LogP contribution in [0, 0.1) is 11.3 Å². The standard InChI is InChI=1S/C22H29N7O2S/c23-15-17-16-24-22(28-21(17)26-18-5-6-18)27-19-7-9-20(10-8-19)32(30,31)25-11-4-14-29-12-2-1-3-13-29/h7-10,16,18,25H,1-6,11-14H2,(H2,24,26,27,28). The normalized spacial score (nSPS) is 17.0. The second-order valence-corrected chi connectivity index (χ2v) is 10.1. The summed E-state index contributed by atoms with van der Waals surface area (Å²) in [5.41, 5.74) is 1.06. The fraction of sp³-hybridized carbons (Fsp3) is 0.500. The lowest BCUT2D eigenvalue weighted by molar-refractivity contribution is 0.227. The van der Waals surface area contributed by atoms with Gasteiger partial charge in [-0.25, -0.2) is 18.1 Å². The van der Waals surface area contributed by atoms with Crippen LogP contribution in [0.1, 0.15) is 44.1 Å². The maximum Gasteiger partial charge on any atom is 0.240 e. The Morgan fingerprint density at radius 3 is 2.56 bits per heavy atom. The zero-order valence-corrected chi connectivity index (χ0v) is 18.9. The van der Waals surface area contributed by atoms with Gasteiger partial charge in [-0.1, -0.05) is 6.42 Å². The Morgan fingerprint density at radius 1 is 1.12 bits per heavy atom. The number of nitrogens with one attached hydrogen (secondary N) is 3. The van der Waals surface area contributed by atoms with Crippen LogP contribution < -0.4 is 15.4 Å². The molecule has 1 aromatic heterocycles. The zero-order valence-electron chi connectivity index (χ0n) is 18.0. The molecular weight excluding hydrogens is 426 g/mol. The molecule has 0 unspecified atom stereocenters. The van der Waals surface area contributed by atoms with E-state index in [-0.39, 0.29) is 4.90 Å². The summed E-state index contributed by atoms with van der Waals surface area (Å²) in [6, 6.07) is 8.93. The molecule has 170 valence electrons. The fourth-order valence-electron chi connectivity index (χ4n) is 3.68. The highest BCUT2D eigenvalue weighted by molar-refractivity contribution is 7.89. The third kappa shape index (κ3) is 6.16. The third-order valence-electron chi connectivity index (χ3n) is 5.64. The van der Waals surface area contributed by atoms with Crippen molar-refractivity contribution in [3.05, 3.63) is 36.0 Å². The van der Waals surface area contributed by atoms with E-state index in [1.54, 1.807) is 24.3 Å². The highest BCUT2D eigenvalue weighted by Crippen LogP contribution is 2.26. The number of hydrogen-bond donors (Lipinski definition) is 3. The Bertz CT molecular complexity index is 1060. The number of hydrogen-bond acceptors (Lipinski definition) is 8. The van der Waals surface area contributed by atoms with Gasteiger partial charge in [0, 0.05) is 18.3 Å². The van der Waals surface area contributed by atoms with Crippen LogP contribution in [0.5, 0.6) is 0 Å². The first-order valence-electron chi connectivity index (χ1n) is 11.2. The maximum atomic E-state index is 12.6. The van der Waals surface area contributed by atoms with Crippen molar-refractivity contribution in [1.29, 1.82) is 5.26 Å². The van der Waals surface area contributed by atoms with E-state index in [9.17, 15) is 13.7 Å². The van der Waals surface area contributed by atoms with Gasteiger partial charge in [0.05, 0.1) is 11.1 Å². The van der Waals surface area contributed by atoms with Crippen molar-refractivity contribution in [3.8, 4) is 6.07 Å². The van der Waals surface area contributed by atoms with Crippen LogP contribution in [-0.4, -0.2) is 55.5 Å². The van der Waals surface area contributed by atoms with Gasteiger partial charge < -0.3 is 15.5 Å². The molecule has 1 aliphatic carbocycles. The monoisotopic (exact) mass is 455 g/mol. The van der Waals surface area contributed by atoms with Crippen LogP contribution in [0.25, 0.3) is 0 Å². The van der Waals surface area contributed by atoms with E-state index in [0.29, 0.717) is 35.6 Å². The Hall–Kier alpha value is -2.74. The molecule has 9 nitrogen and oxygen atoms in total. The van der Waals surface area contributed by atoms with Crippen molar-refractivity contribution in [3.63, 3.8) is 0 Å². The van der Waals surface area contributed by atoms with Crippen LogP contribution in [0.15, 0.2) is 35.4 Å². The van der Waals surface area contributed by atoms with Gasteiger partial charge in [-0.2, -0.15) is 10.2 Å². The average Bonchev–Trinajstić information content (AvgIpc) is 3.62. The first-order chi connectivity index (χ1) is 15.5. The van der Waals surface area contributed by atoms with Crippen molar-refractivity contribution >= 4 is 27.5 Å². The third-order valence-corrected chi connectivity index (χ3v) is 7.12. The van der Waals surface area contributed by atoms with Gasteiger partial charge in [-0.15, -0.1) is 0 Å². The number of rotatable bonds is 10. The van der Waals surface area contributed by atoms with Gasteiger partial charge in [0.1, 0.15) is 17.5 Å². The minimum Gasteiger partial charge on any atom is -0.366 e. The minimum absolute atomic E-state index is 0.220. The van der Waals surface area contributed by atoms with E-state index in [1.165, 1.54) is 25.5 Å². The van der Waals surface area contributed by atoms with E-state index in [2.05, 4.69) is 36.3 Å². The summed E-state index contributed by atoms with van der Waals surface area (Å²) in [4.78, 5) is 11.2. The number of likely N-dealkylation sites (tertiary alicyclic amines) is 1. The summed E-state index contributed by atoms with van der Waals surface area (Å²) in [5, 5.41) is 15.5. The summed E-state index contributed by atoms with van der Waals surface area (Å²) in [6.45, 7) is 3.58. The topological polar surface area (TPSA) is 123 Å². The number of nitriles is 1. The predicted molar refractivity (Wildman–Crippen MR) is 123 cm³/mol. The predicted octanol–water partition coefficient (Wildman–Crippen LogP) is 2.82. The second-order valence-electron chi connectivity index (χ2n) is 8.29. The van der Waals surface area contributed by atoms with Crippen molar-refractivity contribution in [2.24, 2.45) is 0 Å². The Kier molecular flexibility index (Phi) is 7.19. The highest BCUT2D eigenvalue weighted by atomic mass is 32.2. The number of sulfonamides is 1. The number of nitrogens with zero attached hydrogens (tertiary/aromatic N) is 4. The molecule has 2 aliphatic rings. The van der Waals surface area contributed by atoms with Crippen LogP contribution in [0.2, 0.25) is 0 Å². The van der Waals surface area contributed by atoms with E-state index >= 15 is 0 Å². The van der Waals surface area contributed by atoms with Gasteiger partial charge in [-0.3, -0.25) is 0 Å². The van der Waals surface area contributed by atoms with E-state index < -0.39 is 10.0 Å². The second kappa shape index (κ2) is 10.3. The molecular formula is C22H29N7O2S. The fourth-order valence-corrected chi connectivity index (χ4v) is 4.75. The molecule has 32 heavy (non-hydrogen) atoms. The lowest BCUT2D eigenvalue weighted by atomic mass is 10.1. The van der Waals surface area contributed by atoms with Gasteiger partial charge in [0.25, 0.3) is 0 Å². The summed E-state index contributed by atoms with van der Waals surface area (Å²) in [7, 11) is -3.55. The molecule has 1 aliphatic heterocycles. The maximum absolute atomic E-state index is 12.6. The largest absolute Gasteiger partial charge is 0.366 e. The van der Waals surface area contributed by atoms with E-state index in [4.69, 9.17) is 0 Å². The Morgan fingerprint density at radius 2 is 1.88 bits per heavy atom. The van der Waals surface area contributed by atoms with Gasteiger partial charge >= 0.3 is 0 Å². The Labute approximate surface area is 189 Å². The first kappa shape index (κ1) is 22.5. The smallest absolute Gasteiger partial charge is 0.240 e. The molecule has 2 aromatic rings. The summed E-state index contributed by atoms with van der Waals surface area (Å²) >= 11 is 0. The van der Waals surface area contributed by atoms with Crippen LogP contribution >= 0.6 is 0 Å². The lowest BCUT2D eigenvalue weighted by Crippen LogP contribution is -2.33. The zero-order chi connectivity index (χ0) is 22.4. The van der Waals surface area contributed by atoms with Crippen LogP contribution in [0.4, 0.5) is 17.5 Å². The van der Waals surface area contributed by atoms with Crippen molar-refractivity contribution in [1.82, 2.24) is 19.6 Å². The SMILES string of the molecule is N#Cc1cnc(Nc2ccc(S(=O)(=O)NCCCN3CCCCC3)cc2)nc1NC1CC1. The highest BCUT2D eigenvalue weighted by Gasteiger charge is 2.23. The van der Waals surface area contributed by atoms with Crippen LogP contribution in [-0.2, 0) is 10.0 Å².